The van der Waals surface area contributed by atoms with E-state index in [1.807, 2.05) is 19.0 Å². The summed E-state index contributed by atoms with van der Waals surface area (Å²) >= 11 is 0. The van der Waals surface area contributed by atoms with Crippen molar-refractivity contribution < 1.29 is 27.9 Å². The molecule has 0 saturated carbocycles. The first-order valence-electron chi connectivity index (χ1n) is 13.2. The van der Waals surface area contributed by atoms with Crippen molar-refractivity contribution in [1.82, 2.24) is 24.3 Å². The summed E-state index contributed by atoms with van der Waals surface area (Å²) in [5.41, 5.74) is 6.71. The number of carbonyl (C=O) groups excluding carboxylic acids is 1. The number of hydrogen-bond donors (Lipinski definition) is 1. The molecule has 0 aliphatic carbocycles. The predicted octanol–water partition coefficient (Wildman–Crippen LogP) is 5.05. The highest BCUT2D eigenvalue weighted by atomic mass is 19.4. The molecule has 1 aromatic carbocycles. The van der Waals surface area contributed by atoms with Crippen LogP contribution in [0.25, 0.3) is 0 Å². The number of rotatable bonds is 3. The number of fused-ring (bicyclic) bond motifs is 2. The molecular formula is C28H40F3N5O3. The molecule has 216 valence electrons. The zero-order chi connectivity index (χ0) is 29.3. The second-order valence-electron chi connectivity index (χ2n) is 11.3. The first-order valence-corrected chi connectivity index (χ1v) is 13.2. The second-order valence-corrected chi connectivity index (χ2v) is 11.3. The van der Waals surface area contributed by atoms with Gasteiger partial charge in [0.1, 0.15) is 5.82 Å². The van der Waals surface area contributed by atoms with Crippen molar-refractivity contribution in [1.29, 1.82) is 0 Å². The zero-order valence-corrected chi connectivity index (χ0v) is 23.9. The minimum atomic E-state index is -5.08. The van der Waals surface area contributed by atoms with Gasteiger partial charge >= 0.3 is 18.2 Å². The van der Waals surface area contributed by atoms with E-state index in [9.17, 15) is 18.0 Å². The van der Waals surface area contributed by atoms with Gasteiger partial charge in [-0.05, 0) is 53.0 Å². The fraction of sp³-hybridized carbons (Fsp3) is 0.607. The van der Waals surface area contributed by atoms with E-state index in [0.717, 1.165) is 51.4 Å². The molecular weight excluding hydrogens is 511 g/mol. The number of imidazole rings is 1. The number of piperidine rings is 1. The Labute approximate surface area is 228 Å². The van der Waals surface area contributed by atoms with E-state index in [-0.39, 0.29) is 11.4 Å². The van der Waals surface area contributed by atoms with Crippen LogP contribution in [0.15, 0.2) is 18.2 Å². The van der Waals surface area contributed by atoms with Crippen molar-refractivity contribution in [3.63, 3.8) is 0 Å². The molecule has 2 amide bonds. The van der Waals surface area contributed by atoms with Crippen LogP contribution >= 0.6 is 0 Å². The van der Waals surface area contributed by atoms with Gasteiger partial charge in [-0.15, -0.1) is 0 Å². The number of halogens is 3. The molecule has 2 aliphatic heterocycles. The summed E-state index contributed by atoms with van der Waals surface area (Å²) in [6.07, 6.45) is -3.14. The lowest BCUT2D eigenvalue weighted by molar-refractivity contribution is -0.192. The number of alkyl halides is 3. The Kier molecular flexibility index (Phi) is 9.04. The van der Waals surface area contributed by atoms with Crippen molar-refractivity contribution in [3.8, 4) is 0 Å². The third kappa shape index (κ3) is 6.93. The van der Waals surface area contributed by atoms with Gasteiger partial charge in [-0.3, -0.25) is 4.90 Å². The summed E-state index contributed by atoms with van der Waals surface area (Å²) in [6.45, 7) is 15.5. The summed E-state index contributed by atoms with van der Waals surface area (Å²) in [7, 11) is 3.68. The molecule has 1 N–H and O–H groups in total. The maximum Gasteiger partial charge on any atom is 0.490 e. The van der Waals surface area contributed by atoms with Gasteiger partial charge in [0.25, 0.3) is 0 Å². The Hall–Kier alpha value is -3.08. The number of nitrogens with zero attached hydrogens (tertiary/aromatic N) is 5. The van der Waals surface area contributed by atoms with E-state index in [1.165, 1.54) is 28.1 Å². The summed E-state index contributed by atoms with van der Waals surface area (Å²) < 4.78 is 34.2. The van der Waals surface area contributed by atoms with Crippen LogP contribution in [-0.4, -0.2) is 81.3 Å². The molecule has 3 heterocycles. The number of benzene rings is 1. The Morgan fingerprint density at radius 3 is 2.08 bits per heavy atom. The van der Waals surface area contributed by atoms with Gasteiger partial charge in [-0.25, -0.2) is 14.6 Å². The standard InChI is InChI=1S/C26H39N5O.C2HF3O2/c1-18(2)31-21(5)27-24-23(31)16-29(15-22-13-19(3)12-20(4)14-22)17-26(24)8-10-30(11-9-26)25(32)28(6)7;3-2(4,5)1(6)7/h12-14,18H,8-11,15-17H2,1-7H3;(H,6,7). The summed E-state index contributed by atoms with van der Waals surface area (Å²) in [5, 5.41) is 7.12. The topological polar surface area (TPSA) is 81.9 Å². The van der Waals surface area contributed by atoms with Gasteiger partial charge in [-0.1, -0.05) is 29.3 Å². The lowest BCUT2D eigenvalue weighted by atomic mass is 9.72. The summed E-state index contributed by atoms with van der Waals surface area (Å²) in [4.78, 5) is 32.9. The van der Waals surface area contributed by atoms with Gasteiger partial charge in [0.15, 0.2) is 0 Å². The number of hydrogen-bond acceptors (Lipinski definition) is 4. The molecule has 0 radical (unpaired) electrons. The highest BCUT2D eigenvalue weighted by molar-refractivity contribution is 5.74. The maximum atomic E-state index is 12.6. The van der Waals surface area contributed by atoms with Crippen molar-refractivity contribution in [2.75, 3.05) is 33.7 Å². The average Bonchev–Trinajstić information content (AvgIpc) is 3.15. The first kappa shape index (κ1) is 30.5. The zero-order valence-electron chi connectivity index (χ0n) is 23.9. The average molecular weight is 552 g/mol. The van der Waals surface area contributed by atoms with E-state index in [2.05, 4.69) is 62.3 Å². The molecule has 1 saturated heterocycles. The second kappa shape index (κ2) is 11.6. The van der Waals surface area contributed by atoms with Crippen molar-refractivity contribution in [2.24, 2.45) is 0 Å². The number of carboxylic acid groups (broad SMARTS) is 1. The minimum absolute atomic E-state index is 0.0143. The van der Waals surface area contributed by atoms with E-state index in [0.29, 0.717) is 6.04 Å². The molecule has 2 aromatic rings. The van der Waals surface area contributed by atoms with Crippen LogP contribution in [0.2, 0.25) is 0 Å². The van der Waals surface area contributed by atoms with Crippen LogP contribution in [0.3, 0.4) is 0 Å². The Bertz CT molecular complexity index is 1180. The maximum absolute atomic E-state index is 12.6. The number of urea groups is 1. The Balaban J connectivity index is 0.000000532. The molecule has 1 spiro atoms. The molecule has 2 aliphatic rings. The number of aromatic nitrogens is 2. The van der Waals surface area contributed by atoms with E-state index >= 15 is 0 Å². The van der Waals surface area contributed by atoms with E-state index in [4.69, 9.17) is 14.9 Å². The fourth-order valence-electron chi connectivity index (χ4n) is 5.96. The fourth-order valence-corrected chi connectivity index (χ4v) is 5.96. The van der Waals surface area contributed by atoms with Gasteiger partial charge in [0.05, 0.1) is 11.4 Å². The van der Waals surface area contributed by atoms with Crippen LogP contribution < -0.4 is 0 Å². The van der Waals surface area contributed by atoms with E-state index < -0.39 is 12.1 Å². The molecule has 11 heteroatoms. The number of carbonyl (C=O) groups is 2. The quantitative estimate of drug-likeness (QED) is 0.577. The molecule has 4 rings (SSSR count). The highest BCUT2D eigenvalue weighted by Crippen LogP contribution is 2.43. The number of carboxylic acids is 1. The predicted molar refractivity (Wildman–Crippen MR) is 143 cm³/mol. The first-order chi connectivity index (χ1) is 18.0. The SMILES string of the molecule is Cc1cc(C)cc(CN2Cc3c(nc(C)n3C(C)C)C3(CCN(C(=O)N(C)C)CC3)C2)c1.O=C(O)C(F)(F)F. The van der Waals surface area contributed by atoms with Crippen LogP contribution in [0.1, 0.15) is 66.6 Å². The van der Waals surface area contributed by atoms with Gasteiger partial charge in [0.2, 0.25) is 0 Å². The van der Waals surface area contributed by atoms with Crippen molar-refractivity contribution in [2.45, 2.75) is 78.2 Å². The highest BCUT2D eigenvalue weighted by Gasteiger charge is 2.46. The number of likely N-dealkylation sites (tertiary alicyclic amines) is 1. The molecule has 0 unspecified atom stereocenters. The molecule has 0 atom stereocenters. The van der Waals surface area contributed by atoms with Crippen LogP contribution in [0.5, 0.6) is 0 Å². The van der Waals surface area contributed by atoms with Crippen molar-refractivity contribution >= 4 is 12.0 Å². The molecule has 39 heavy (non-hydrogen) atoms. The number of aliphatic carboxylic acids is 1. The van der Waals surface area contributed by atoms with Crippen LogP contribution in [0.4, 0.5) is 18.0 Å². The molecule has 1 fully saturated rings. The normalized spacial score (nSPS) is 17.1. The third-order valence-electron chi connectivity index (χ3n) is 7.41. The smallest absolute Gasteiger partial charge is 0.475 e. The lowest BCUT2D eigenvalue weighted by Gasteiger charge is -2.47. The van der Waals surface area contributed by atoms with Gasteiger partial charge < -0.3 is 19.5 Å². The third-order valence-corrected chi connectivity index (χ3v) is 7.41. The number of aryl methyl sites for hydroxylation is 3. The van der Waals surface area contributed by atoms with Gasteiger partial charge in [-0.2, -0.15) is 13.2 Å². The Morgan fingerprint density at radius 2 is 1.62 bits per heavy atom. The van der Waals surface area contributed by atoms with Crippen LogP contribution in [0, 0.1) is 20.8 Å². The minimum Gasteiger partial charge on any atom is -0.475 e. The molecule has 8 nitrogen and oxygen atoms in total. The lowest BCUT2D eigenvalue weighted by Crippen LogP contribution is -2.54. The van der Waals surface area contributed by atoms with Crippen LogP contribution in [-0.2, 0) is 23.3 Å². The Morgan fingerprint density at radius 1 is 1.08 bits per heavy atom. The van der Waals surface area contributed by atoms with Crippen molar-refractivity contribution in [3.05, 3.63) is 52.1 Å². The summed E-state index contributed by atoms with van der Waals surface area (Å²) in [5.74, 6) is -1.64. The monoisotopic (exact) mass is 551 g/mol. The number of amides is 2. The van der Waals surface area contributed by atoms with Gasteiger partial charge in [0, 0.05) is 58.3 Å². The largest absolute Gasteiger partial charge is 0.490 e. The molecule has 1 aromatic heterocycles. The van der Waals surface area contributed by atoms with E-state index in [1.54, 1.807) is 4.90 Å². The summed E-state index contributed by atoms with van der Waals surface area (Å²) in [6, 6.07) is 7.39. The molecule has 0 bridgehead atoms.